The largest absolute Gasteiger partial charge is 0.334 e. The number of aromatic nitrogens is 2. The first-order valence-electron chi connectivity index (χ1n) is 6.45. The Labute approximate surface area is 99.3 Å². The van der Waals surface area contributed by atoms with Crippen molar-refractivity contribution in [2.75, 3.05) is 6.54 Å². The van der Waals surface area contributed by atoms with Crippen molar-refractivity contribution in [3.8, 4) is 0 Å². The van der Waals surface area contributed by atoms with Gasteiger partial charge in [0.1, 0.15) is 5.82 Å². The molecule has 1 unspecified atom stereocenters. The predicted molar refractivity (Wildman–Crippen MR) is 68.6 cm³/mol. The summed E-state index contributed by atoms with van der Waals surface area (Å²) in [6, 6.07) is 0.635. The predicted octanol–water partition coefficient (Wildman–Crippen LogP) is 2.75. The van der Waals surface area contributed by atoms with Gasteiger partial charge in [-0.05, 0) is 20.3 Å². The summed E-state index contributed by atoms with van der Waals surface area (Å²) in [7, 11) is 0. The van der Waals surface area contributed by atoms with E-state index in [1.165, 1.54) is 25.7 Å². The van der Waals surface area contributed by atoms with Crippen molar-refractivity contribution in [2.45, 2.75) is 59.0 Å². The Hall–Kier alpha value is -0.830. The van der Waals surface area contributed by atoms with E-state index in [2.05, 4.69) is 28.7 Å². The maximum Gasteiger partial charge on any atom is 0.105 e. The minimum absolute atomic E-state index is 0.635. The van der Waals surface area contributed by atoms with Gasteiger partial charge in [0.2, 0.25) is 0 Å². The standard InChI is InChI=1S/C13H25N3/c1-4-5-6-7-12(2)14-8-10-16-11-9-15-13(16)3/h9,11-12,14H,4-8,10H2,1-3H3. The average Bonchev–Trinajstić information content (AvgIpc) is 2.65. The summed E-state index contributed by atoms with van der Waals surface area (Å²) < 4.78 is 2.19. The van der Waals surface area contributed by atoms with Gasteiger partial charge in [-0.25, -0.2) is 4.98 Å². The lowest BCUT2D eigenvalue weighted by atomic mass is 10.1. The van der Waals surface area contributed by atoms with Crippen LogP contribution in [0.3, 0.4) is 0 Å². The van der Waals surface area contributed by atoms with Crippen LogP contribution in [0.15, 0.2) is 12.4 Å². The van der Waals surface area contributed by atoms with E-state index in [1.54, 1.807) is 0 Å². The summed E-state index contributed by atoms with van der Waals surface area (Å²) in [5.41, 5.74) is 0. The lowest BCUT2D eigenvalue weighted by Gasteiger charge is -2.14. The van der Waals surface area contributed by atoms with Crippen LogP contribution >= 0.6 is 0 Å². The molecule has 1 aromatic rings. The molecule has 92 valence electrons. The van der Waals surface area contributed by atoms with Gasteiger partial charge in [-0.15, -0.1) is 0 Å². The second kappa shape index (κ2) is 7.44. The molecule has 1 atom stereocenters. The van der Waals surface area contributed by atoms with Crippen LogP contribution in [0, 0.1) is 6.92 Å². The number of imidazole rings is 1. The molecule has 0 bridgehead atoms. The Balaban J connectivity index is 2.08. The Morgan fingerprint density at radius 3 is 2.88 bits per heavy atom. The summed E-state index contributed by atoms with van der Waals surface area (Å²) in [5.74, 6) is 1.10. The Morgan fingerprint density at radius 1 is 1.44 bits per heavy atom. The minimum Gasteiger partial charge on any atom is -0.334 e. The Morgan fingerprint density at radius 2 is 2.25 bits per heavy atom. The fourth-order valence-electron chi connectivity index (χ4n) is 1.87. The van der Waals surface area contributed by atoms with E-state index in [1.807, 2.05) is 19.3 Å². The third-order valence-corrected chi connectivity index (χ3v) is 3.01. The summed E-state index contributed by atoms with van der Waals surface area (Å²) >= 11 is 0. The molecule has 0 spiro atoms. The van der Waals surface area contributed by atoms with Gasteiger partial charge < -0.3 is 9.88 Å². The van der Waals surface area contributed by atoms with Gasteiger partial charge in [0.25, 0.3) is 0 Å². The van der Waals surface area contributed by atoms with Crippen molar-refractivity contribution in [1.29, 1.82) is 0 Å². The Kier molecular flexibility index (Phi) is 6.16. The molecule has 16 heavy (non-hydrogen) atoms. The first-order valence-corrected chi connectivity index (χ1v) is 6.45. The van der Waals surface area contributed by atoms with E-state index in [-0.39, 0.29) is 0 Å². The molecule has 1 heterocycles. The highest BCUT2D eigenvalue weighted by atomic mass is 15.1. The molecule has 1 aromatic heterocycles. The van der Waals surface area contributed by atoms with Crippen molar-refractivity contribution in [2.24, 2.45) is 0 Å². The topological polar surface area (TPSA) is 29.9 Å². The Bertz CT molecular complexity index is 280. The van der Waals surface area contributed by atoms with Gasteiger partial charge in [0, 0.05) is 31.5 Å². The highest BCUT2D eigenvalue weighted by molar-refractivity contribution is 4.88. The zero-order valence-corrected chi connectivity index (χ0v) is 10.9. The van der Waals surface area contributed by atoms with E-state index in [9.17, 15) is 0 Å². The van der Waals surface area contributed by atoms with Gasteiger partial charge in [0.15, 0.2) is 0 Å². The number of rotatable bonds is 8. The summed E-state index contributed by atoms with van der Waals surface area (Å²) in [6.07, 6.45) is 9.19. The van der Waals surface area contributed by atoms with Gasteiger partial charge in [0.05, 0.1) is 0 Å². The maximum absolute atomic E-state index is 4.21. The van der Waals surface area contributed by atoms with Crippen LogP contribution in [0.2, 0.25) is 0 Å². The van der Waals surface area contributed by atoms with Gasteiger partial charge in [-0.2, -0.15) is 0 Å². The molecule has 3 nitrogen and oxygen atoms in total. The number of hydrogen-bond acceptors (Lipinski definition) is 2. The van der Waals surface area contributed by atoms with Crippen molar-refractivity contribution in [1.82, 2.24) is 14.9 Å². The fraction of sp³-hybridized carbons (Fsp3) is 0.769. The first kappa shape index (κ1) is 13.2. The summed E-state index contributed by atoms with van der Waals surface area (Å²) in [5, 5.41) is 3.56. The first-order chi connectivity index (χ1) is 7.74. The van der Waals surface area contributed by atoms with Crippen molar-refractivity contribution in [3.05, 3.63) is 18.2 Å². The zero-order valence-electron chi connectivity index (χ0n) is 10.9. The molecule has 0 aliphatic rings. The normalized spacial score (nSPS) is 12.9. The quantitative estimate of drug-likeness (QED) is 0.687. The lowest BCUT2D eigenvalue weighted by Crippen LogP contribution is -2.29. The third kappa shape index (κ3) is 4.79. The highest BCUT2D eigenvalue weighted by Crippen LogP contribution is 2.02. The molecule has 0 aromatic carbocycles. The number of hydrogen-bond donors (Lipinski definition) is 1. The number of aryl methyl sites for hydroxylation is 1. The second-order valence-electron chi connectivity index (χ2n) is 4.52. The zero-order chi connectivity index (χ0) is 11.8. The summed E-state index contributed by atoms with van der Waals surface area (Å²) in [4.78, 5) is 4.21. The van der Waals surface area contributed by atoms with E-state index in [0.717, 1.165) is 18.9 Å². The molecule has 0 aliphatic heterocycles. The molecule has 1 N–H and O–H groups in total. The number of nitrogens with one attached hydrogen (secondary N) is 1. The number of unbranched alkanes of at least 4 members (excludes halogenated alkanes) is 2. The van der Waals surface area contributed by atoms with Crippen LogP contribution in [-0.4, -0.2) is 22.1 Å². The van der Waals surface area contributed by atoms with Crippen molar-refractivity contribution in [3.63, 3.8) is 0 Å². The van der Waals surface area contributed by atoms with Crippen LogP contribution in [0.5, 0.6) is 0 Å². The number of nitrogens with zero attached hydrogens (tertiary/aromatic N) is 2. The molecule has 0 saturated heterocycles. The smallest absolute Gasteiger partial charge is 0.105 e. The maximum atomic E-state index is 4.21. The minimum atomic E-state index is 0.635. The lowest BCUT2D eigenvalue weighted by molar-refractivity contribution is 0.468. The second-order valence-corrected chi connectivity index (χ2v) is 4.52. The molecular weight excluding hydrogens is 198 g/mol. The van der Waals surface area contributed by atoms with E-state index >= 15 is 0 Å². The molecule has 3 heteroatoms. The highest BCUT2D eigenvalue weighted by Gasteiger charge is 2.01. The van der Waals surface area contributed by atoms with Crippen LogP contribution in [0.1, 0.15) is 45.4 Å². The molecule has 0 aliphatic carbocycles. The van der Waals surface area contributed by atoms with Gasteiger partial charge in [-0.3, -0.25) is 0 Å². The molecule has 0 radical (unpaired) electrons. The van der Waals surface area contributed by atoms with E-state index in [4.69, 9.17) is 0 Å². The molecule has 0 fully saturated rings. The van der Waals surface area contributed by atoms with Crippen LogP contribution in [-0.2, 0) is 6.54 Å². The van der Waals surface area contributed by atoms with E-state index in [0.29, 0.717) is 6.04 Å². The molecule has 0 amide bonds. The fourth-order valence-corrected chi connectivity index (χ4v) is 1.87. The molecule has 0 saturated carbocycles. The van der Waals surface area contributed by atoms with Gasteiger partial charge in [-0.1, -0.05) is 26.2 Å². The van der Waals surface area contributed by atoms with Crippen molar-refractivity contribution < 1.29 is 0 Å². The van der Waals surface area contributed by atoms with Crippen molar-refractivity contribution >= 4 is 0 Å². The van der Waals surface area contributed by atoms with Crippen LogP contribution in [0.25, 0.3) is 0 Å². The monoisotopic (exact) mass is 223 g/mol. The molecule has 1 rings (SSSR count). The SMILES string of the molecule is CCCCCC(C)NCCn1ccnc1C. The summed E-state index contributed by atoms with van der Waals surface area (Å²) in [6.45, 7) is 8.62. The van der Waals surface area contributed by atoms with Crippen LogP contribution in [0.4, 0.5) is 0 Å². The molecular formula is C13H25N3. The average molecular weight is 223 g/mol. The van der Waals surface area contributed by atoms with Crippen LogP contribution < -0.4 is 5.32 Å². The van der Waals surface area contributed by atoms with E-state index < -0.39 is 0 Å². The third-order valence-electron chi connectivity index (χ3n) is 3.01. The van der Waals surface area contributed by atoms with Gasteiger partial charge >= 0.3 is 0 Å².